The van der Waals surface area contributed by atoms with E-state index >= 15 is 0 Å². The zero-order chi connectivity index (χ0) is 28.5. The van der Waals surface area contributed by atoms with Crippen molar-refractivity contribution in [3.05, 3.63) is 98.7 Å². The smallest absolute Gasteiger partial charge is 0.303 e. The second kappa shape index (κ2) is 11.4. The fourth-order valence-electron chi connectivity index (χ4n) is 5.98. The lowest BCUT2D eigenvalue weighted by atomic mass is 10.0. The van der Waals surface area contributed by atoms with Crippen LogP contribution in [-0.4, -0.2) is 22.5 Å². The Balaban J connectivity index is 1.30. The lowest BCUT2D eigenvalue weighted by Gasteiger charge is -2.27. The second-order valence-corrected chi connectivity index (χ2v) is 11.7. The molecule has 7 nitrogen and oxygen atoms in total. The average Bonchev–Trinajstić information content (AvgIpc) is 3.36. The van der Waals surface area contributed by atoms with Gasteiger partial charge in [-0.3, -0.25) is 14.9 Å². The van der Waals surface area contributed by atoms with Crippen molar-refractivity contribution in [3.8, 4) is 0 Å². The molecule has 0 bridgehead atoms. The molecule has 4 aromatic rings. The Morgan fingerprint density at radius 3 is 2.76 bits per heavy atom. The van der Waals surface area contributed by atoms with Crippen molar-refractivity contribution < 1.29 is 19.4 Å². The maximum atomic E-state index is 11.6. The van der Waals surface area contributed by atoms with Gasteiger partial charge in [-0.25, -0.2) is 0 Å². The molecule has 2 aliphatic heterocycles. The molecule has 0 amide bonds. The number of hydrogen-bond donors (Lipinski definition) is 1. The fourth-order valence-corrected chi connectivity index (χ4v) is 7.33. The number of benzene rings is 3. The Morgan fingerprint density at radius 1 is 1.07 bits per heavy atom. The van der Waals surface area contributed by atoms with Crippen LogP contribution < -0.4 is 9.47 Å². The van der Waals surface area contributed by atoms with Gasteiger partial charge in [-0.05, 0) is 66.8 Å². The van der Waals surface area contributed by atoms with Crippen LogP contribution >= 0.6 is 11.8 Å². The Bertz CT molecular complexity index is 1760. The van der Waals surface area contributed by atoms with E-state index in [1.54, 1.807) is 23.9 Å². The van der Waals surface area contributed by atoms with E-state index in [2.05, 4.69) is 70.3 Å². The summed E-state index contributed by atoms with van der Waals surface area (Å²) < 4.78 is 2.26. The number of unbranched alkanes of at least 4 members (excludes halogenated alkanes) is 2. The van der Waals surface area contributed by atoms with E-state index in [9.17, 15) is 14.9 Å². The third-order valence-corrected chi connectivity index (χ3v) is 9.33. The minimum atomic E-state index is -0.733. The first-order chi connectivity index (χ1) is 19.9. The van der Waals surface area contributed by atoms with Gasteiger partial charge >= 0.3 is 5.97 Å². The first-order valence-electron chi connectivity index (χ1n) is 14.1. The maximum Gasteiger partial charge on any atom is 0.303 e. The SMILES string of the molecule is Cc1cc([N+](=O)[O-])cc2c3c(ccc12)N1CCCC(/C=C/c2cc[n+](CCCCCC(=O)O)c4ccccc24)=C1S3. The van der Waals surface area contributed by atoms with Gasteiger partial charge in [-0.15, -0.1) is 0 Å². The van der Waals surface area contributed by atoms with E-state index in [0.717, 1.165) is 71.3 Å². The Labute approximate surface area is 242 Å². The van der Waals surface area contributed by atoms with E-state index in [1.807, 2.05) is 6.92 Å². The molecule has 0 unspecified atom stereocenters. The zero-order valence-electron chi connectivity index (χ0n) is 23.0. The fraction of sp³-hybridized carbons (Fsp3) is 0.273. The van der Waals surface area contributed by atoms with Crippen molar-refractivity contribution in [2.45, 2.75) is 56.9 Å². The number of rotatable bonds is 9. The molecule has 3 aromatic carbocycles. The van der Waals surface area contributed by atoms with Crippen molar-refractivity contribution in [3.63, 3.8) is 0 Å². The second-order valence-electron chi connectivity index (χ2n) is 10.7. The van der Waals surface area contributed by atoms with Crippen LogP contribution in [0.25, 0.3) is 27.8 Å². The Kier molecular flexibility index (Phi) is 7.49. The number of thioether (sulfide) groups is 1. The quantitative estimate of drug-likeness (QED) is 0.0964. The number of pyridine rings is 1. The van der Waals surface area contributed by atoms with Crippen molar-refractivity contribution in [2.24, 2.45) is 0 Å². The van der Waals surface area contributed by atoms with E-state index in [4.69, 9.17) is 5.11 Å². The minimum Gasteiger partial charge on any atom is -0.481 e. The molecule has 0 spiro atoms. The number of carboxylic acid groups (broad SMARTS) is 1. The summed E-state index contributed by atoms with van der Waals surface area (Å²) in [5.74, 6) is -0.733. The number of aliphatic carboxylic acids is 1. The number of aromatic nitrogens is 1. The van der Waals surface area contributed by atoms with Gasteiger partial charge in [0.15, 0.2) is 6.20 Å². The lowest BCUT2D eigenvalue weighted by Crippen LogP contribution is -2.34. The van der Waals surface area contributed by atoms with Crippen molar-refractivity contribution in [1.82, 2.24) is 0 Å². The van der Waals surface area contributed by atoms with Crippen LogP contribution in [0.2, 0.25) is 0 Å². The molecule has 1 N–H and O–H groups in total. The van der Waals surface area contributed by atoms with Crippen molar-refractivity contribution in [1.29, 1.82) is 0 Å². The molecule has 3 heterocycles. The molecule has 8 heteroatoms. The van der Waals surface area contributed by atoms with Gasteiger partial charge in [0.2, 0.25) is 5.52 Å². The van der Waals surface area contributed by atoms with Crippen LogP contribution in [0.4, 0.5) is 11.4 Å². The number of nitro benzene ring substituents is 1. The summed E-state index contributed by atoms with van der Waals surface area (Å²) in [5.41, 5.74) is 5.80. The highest BCUT2D eigenvalue weighted by molar-refractivity contribution is 8.04. The molecule has 0 atom stereocenters. The number of allylic oxidation sites excluding steroid dienone is 2. The van der Waals surface area contributed by atoms with Gasteiger partial charge in [-0.2, -0.15) is 4.57 Å². The molecule has 0 saturated carbocycles. The van der Waals surface area contributed by atoms with Gasteiger partial charge in [0.25, 0.3) is 5.69 Å². The lowest BCUT2D eigenvalue weighted by molar-refractivity contribution is -0.671. The summed E-state index contributed by atoms with van der Waals surface area (Å²) in [6.07, 6.45) is 11.4. The monoisotopic (exact) mass is 566 g/mol. The standard InChI is InChI=1S/C33H31N3O4S/c1-22-20-25(36(39)40)21-28-26(22)14-15-30-32(28)41-33-24(8-7-18-35(30)33)13-12-23-16-19-34(17-6-2-3-11-31(37)38)29-10-5-4-9-27(23)29/h4-5,9-10,12-16,19-21H,2-3,6-8,11,17-18H2,1H3/p+1. The van der Waals surface area contributed by atoms with Gasteiger partial charge in [0, 0.05) is 53.9 Å². The minimum absolute atomic E-state index is 0.136. The number of non-ortho nitro benzene ring substituents is 1. The molecule has 6 rings (SSSR count). The topological polar surface area (TPSA) is 87.6 Å². The van der Waals surface area contributed by atoms with E-state index in [0.29, 0.717) is 6.42 Å². The predicted octanol–water partition coefficient (Wildman–Crippen LogP) is 7.77. The van der Waals surface area contributed by atoms with Crippen LogP contribution in [0, 0.1) is 17.0 Å². The highest BCUT2D eigenvalue weighted by Gasteiger charge is 2.31. The Morgan fingerprint density at radius 2 is 1.93 bits per heavy atom. The summed E-state index contributed by atoms with van der Waals surface area (Å²) in [5, 5.41) is 24.9. The normalized spacial score (nSPS) is 14.7. The summed E-state index contributed by atoms with van der Waals surface area (Å²) >= 11 is 1.73. The van der Waals surface area contributed by atoms with Crippen LogP contribution in [-0.2, 0) is 11.3 Å². The number of anilines is 1. The van der Waals surface area contributed by atoms with Crippen molar-refractivity contribution >= 4 is 56.9 Å². The molecular weight excluding hydrogens is 534 g/mol. The van der Waals surface area contributed by atoms with E-state index < -0.39 is 5.97 Å². The maximum absolute atomic E-state index is 11.6. The number of nitrogens with zero attached hydrogens (tertiary/aromatic N) is 3. The van der Waals surface area contributed by atoms with E-state index in [-0.39, 0.29) is 17.0 Å². The van der Waals surface area contributed by atoms with Crippen LogP contribution in [0.15, 0.2) is 82.4 Å². The number of carboxylic acids is 1. The summed E-state index contributed by atoms with van der Waals surface area (Å²) in [4.78, 5) is 25.6. The number of para-hydroxylation sites is 1. The molecule has 0 aliphatic carbocycles. The Hall–Kier alpha value is -4.17. The third-order valence-electron chi connectivity index (χ3n) is 8.02. The van der Waals surface area contributed by atoms with Crippen LogP contribution in [0.3, 0.4) is 0 Å². The zero-order valence-corrected chi connectivity index (χ0v) is 23.8. The molecule has 41 heavy (non-hydrogen) atoms. The molecular formula is C33H32N3O4S+. The average molecular weight is 567 g/mol. The van der Waals surface area contributed by atoms with Crippen molar-refractivity contribution in [2.75, 3.05) is 11.4 Å². The third kappa shape index (κ3) is 5.32. The molecule has 1 aromatic heterocycles. The number of fused-ring (bicyclic) bond motifs is 6. The molecule has 0 radical (unpaired) electrons. The molecule has 2 aliphatic rings. The number of hydrogen-bond acceptors (Lipinski definition) is 5. The number of nitro groups is 1. The largest absolute Gasteiger partial charge is 0.481 e. The first-order valence-corrected chi connectivity index (χ1v) is 14.9. The van der Waals surface area contributed by atoms with Crippen LogP contribution in [0.5, 0.6) is 0 Å². The number of carbonyl (C=O) groups is 1. The summed E-state index contributed by atoms with van der Waals surface area (Å²) in [6, 6.07) is 18.2. The van der Waals surface area contributed by atoms with Gasteiger partial charge in [0.05, 0.1) is 21.0 Å². The summed E-state index contributed by atoms with van der Waals surface area (Å²) in [7, 11) is 0. The number of aryl methyl sites for hydroxylation is 2. The first kappa shape index (κ1) is 27.0. The van der Waals surface area contributed by atoms with E-state index in [1.165, 1.54) is 21.5 Å². The van der Waals surface area contributed by atoms with Gasteiger partial charge < -0.3 is 10.0 Å². The highest BCUT2D eigenvalue weighted by atomic mass is 32.2. The van der Waals surface area contributed by atoms with Crippen LogP contribution in [0.1, 0.15) is 49.7 Å². The molecule has 0 fully saturated rings. The molecule has 0 saturated heterocycles. The summed E-state index contributed by atoms with van der Waals surface area (Å²) in [6.45, 7) is 3.73. The molecule has 208 valence electrons. The van der Waals surface area contributed by atoms with Gasteiger partial charge in [-0.1, -0.05) is 42.1 Å². The predicted molar refractivity (Wildman–Crippen MR) is 164 cm³/mol. The highest BCUT2D eigenvalue weighted by Crippen LogP contribution is 2.53. The van der Waals surface area contributed by atoms with Gasteiger partial charge in [0.1, 0.15) is 6.54 Å².